The van der Waals surface area contributed by atoms with Crippen LogP contribution in [0, 0.1) is 20.8 Å². The van der Waals surface area contributed by atoms with Crippen LogP contribution >= 0.6 is 0 Å². The molecule has 0 aliphatic heterocycles. The molecule has 0 atom stereocenters. The molecule has 0 saturated carbocycles. The maximum Gasteiger partial charge on any atom is 0.271 e. The SMILES string of the molecule is CCc1nnc(CN(C(=O)c2[nH]c3c(C)cc(C)cc3c2C)C(C)C)o1. The van der Waals surface area contributed by atoms with Crippen LogP contribution in [-0.4, -0.2) is 32.0 Å². The summed E-state index contributed by atoms with van der Waals surface area (Å²) >= 11 is 0. The number of amides is 1. The predicted octanol–water partition coefficient (Wildman–Crippen LogP) is 4.09. The van der Waals surface area contributed by atoms with Crippen LogP contribution in [-0.2, 0) is 13.0 Å². The van der Waals surface area contributed by atoms with E-state index < -0.39 is 0 Å². The Hall–Kier alpha value is -2.63. The average molecular weight is 354 g/mol. The topological polar surface area (TPSA) is 75.0 Å². The van der Waals surface area contributed by atoms with E-state index in [0.717, 1.165) is 22.0 Å². The number of carbonyl (C=O) groups excluding carboxylic acids is 1. The van der Waals surface area contributed by atoms with Gasteiger partial charge in [0.25, 0.3) is 5.91 Å². The molecule has 0 aliphatic carbocycles. The number of hydrogen-bond donors (Lipinski definition) is 1. The molecule has 2 aromatic heterocycles. The van der Waals surface area contributed by atoms with E-state index >= 15 is 0 Å². The summed E-state index contributed by atoms with van der Waals surface area (Å²) in [7, 11) is 0. The molecule has 0 saturated heterocycles. The number of fused-ring (bicyclic) bond motifs is 1. The monoisotopic (exact) mass is 354 g/mol. The second kappa shape index (κ2) is 6.94. The van der Waals surface area contributed by atoms with Crippen LogP contribution in [0.15, 0.2) is 16.5 Å². The van der Waals surface area contributed by atoms with Gasteiger partial charge in [-0.15, -0.1) is 10.2 Å². The minimum absolute atomic E-state index is 0.00752. The van der Waals surface area contributed by atoms with E-state index in [1.807, 2.05) is 27.7 Å². The Balaban J connectivity index is 1.98. The van der Waals surface area contributed by atoms with E-state index in [0.29, 0.717) is 30.4 Å². The molecule has 0 spiro atoms. The van der Waals surface area contributed by atoms with Gasteiger partial charge in [0.1, 0.15) is 5.69 Å². The van der Waals surface area contributed by atoms with Crippen molar-refractivity contribution in [3.05, 3.63) is 46.3 Å². The maximum absolute atomic E-state index is 13.3. The maximum atomic E-state index is 13.3. The molecular formula is C20H26N4O2. The number of benzene rings is 1. The molecule has 0 radical (unpaired) electrons. The lowest BCUT2D eigenvalue weighted by Gasteiger charge is -2.25. The Morgan fingerprint density at radius 2 is 1.88 bits per heavy atom. The van der Waals surface area contributed by atoms with Crippen molar-refractivity contribution in [1.82, 2.24) is 20.1 Å². The van der Waals surface area contributed by atoms with Gasteiger partial charge in [-0.1, -0.05) is 18.6 Å². The first-order chi connectivity index (χ1) is 12.3. The number of carbonyl (C=O) groups is 1. The van der Waals surface area contributed by atoms with Gasteiger partial charge in [-0.3, -0.25) is 4.79 Å². The van der Waals surface area contributed by atoms with Gasteiger partial charge in [0, 0.05) is 23.4 Å². The third kappa shape index (κ3) is 3.23. The van der Waals surface area contributed by atoms with Crippen molar-refractivity contribution in [3.63, 3.8) is 0 Å². The molecule has 0 bridgehead atoms. The number of rotatable bonds is 5. The fourth-order valence-corrected chi connectivity index (χ4v) is 3.27. The summed E-state index contributed by atoms with van der Waals surface area (Å²) in [6.07, 6.45) is 0.683. The average Bonchev–Trinajstić information content (AvgIpc) is 3.17. The van der Waals surface area contributed by atoms with E-state index in [9.17, 15) is 4.79 Å². The zero-order chi connectivity index (χ0) is 19.0. The molecule has 1 N–H and O–H groups in total. The van der Waals surface area contributed by atoms with Gasteiger partial charge in [0.05, 0.1) is 6.54 Å². The number of aryl methyl sites for hydroxylation is 4. The first-order valence-electron chi connectivity index (χ1n) is 9.03. The quantitative estimate of drug-likeness (QED) is 0.749. The largest absolute Gasteiger partial charge is 0.423 e. The van der Waals surface area contributed by atoms with Crippen molar-refractivity contribution in [1.29, 1.82) is 0 Å². The van der Waals surface area contributed by atoms with Crippen molar-refractivity contribution in [2.24, 2.45) is 0 Å². The van der Waals surface area contributed by atoms with Gasteiger partial charge < -0.3 is 14.3 Å². The van der Waals surface area contributed by atoms with E-state index in [1.165, 1.54) is 5.56 Å². The number of H-pyrrole nitrogens is 1. The van der Waals surface area contributed by atoms with Crippen molar-refractivity contribution < 1.29 is 9.21 Å². The van der Waals surface area contributed by atoms with E-state index in [1.54, 1.807) is 4.90 Å². The Bertz CT molecular complexity index is 952. The summed E-state index contributed by atoms with van der Waals surface area (Å²) in [4.78, 5) is 18.4. The normalized spacial score (nSPS) is 11.5. The second-order valence-electron chi connectivity index (χ2n) is 7.10. The summed E-state index contributed by atoms with van der Waals surface area (Å²) in [5.74, 6) is 0.996. The second-order valence-corrected chi connectivity index (χ2v) is 7.10. The third-order valence-electron chi connectivity index (χ3n) is 4.72. The molecule has 0 aliphatic rings. The van der Waals surface area contributed by atoms with Crippen LogP contribution < -0.4 is 0 Å². The smallest absolute Gasteiger partial charge is 0.271 e. The molecule has 138 valence electrons. The van der Waals surface area contributed by atoms with Crippen LogP contribution in [0.1, 0.15) is 59.7 Å². The summed E-state index contributed by atoms with van der Waals surface area (Å²) in [6.45, 7) is 12.4. The highest BCUT2D eigenvalue weighted by Gasteiger charge is 2.25. The lowest BCUT2D eigenvalue weighted by molar-refractivity contribution is 0.0665. The first kappa shape index (κ1) is 18.2. The number of hydrogen-bond acceptors (Lipinski definition) is 4. The van der Waals surface area contributed by atoms with Crippen LogP contribution in [0.3, 0.4) is 0 Å². The van der Waals surface area contributed by atoms with Gasteiger partial charge in [-0.05, 0) is 51.8 Å². The number of nitrogens with zero attached hydrogens (tertiary/aromatic N) is 3. The Labute approximate surface area is 153 Å². The fraction of sp³-hybridized carbons (Fsp3) is 0.450. The molecular weight excluding hydrogens is 328 g/mol. The highest BCUT2D eigenvalue weighted by atomic mass is 16.4. The fourth-order valence-electron chi connectivity index (χ4n) is 3.27. The molecule has 3 aromatic rings. The van der Waals surface area contributed by atoms with Crippen LogP contribution in [0.2, 0.25) is 0 Å². The molecule has 0 unspecified atom stereocenters. The van der Waals surface area contributed by atoms with Crippen LogP contribution in [0.25, 0.3) is 10.9 Å². The van der Waals surface area contributed by atoms with E-state index in [2.05, 4.69) is 41.2 Å². The molecule has 1 amide bonds. The van der Waals surface area contributed by atoms with Crippen molar-refractivity contribution in [2.45, 2.75) is 60.5 Å². The Morgan fingerprint density at radius 1 is 1.19 bits per heavy atom. The number of nitrogens with one attached hydrogen (secondary N) is 1. The summed E-state index contributed by atoms with van der Waals surface area (Å²) in [6, 6.07) is 4.25. The zero-order valence-electron chi connectivity index (χ0n) is 16.3. The van der Waals surface area contributed by atoms with Crippen molar-refractivity contribution in [2.75, 3.05) is 0 Å². The lowest BCUT2D eigenvalue weighted by atomic mass is 10.1. The Kier molecular flexibility index (Phi) is 4.85. The summed E-state index contributed by atoms with van der Waals surface area (Å²) in [5.41, 5.74) is 4.95. The molecule has 6 nitrogen and oxygen atoms in total. The van der Waals surface area contributed by atoms with Gasteiger partial charge in [0.2, 0.25) is 11.8 Å². The number of aromatic nitrogens is 3. The first-order valence-corrected chi connectivity index (χ1v) is 9.03. The van der Waals surface area contributed by atoms with E-state index in [-0.39, 0.29) is 11.9 Å². The molecule has 1 aromatic carbocycles. The molecule has 0 fully saturated rings. The minimum Gasteiger partial charge on any atom is -0.423 e. The minimum atomic E-state index is -0.0537. The van der Waals surface area contributed by atoms with Gasteiger partial charge >= 0.3 is 0 Å². The van der Waals surface area contributed by atoms with Crippen molar-refractivity contribution in [3.8, 4) is 0 Å². The van der Waals surface area contributed by atoms with Gasteiger partial charge in [0.15, 0.2) is 0 Å². The lowest BCUT2D eigenvalue weighted by Crippen LogP contribution is -2.37. The zero-order valence-corrected chi connectivity index (χ0v) is 16.3. The number of aromatic amines is 1. The third-order valence-corrected chi connectivity index (χ3v) is 4.72. The van der Waals surface area contributed by atoms with Gasteiger partial charge in [-0.25, -0.2) is 0 Å². The Morgan fingerprint density at radius 3 is 2.50 bits per heavy atom. The molecule has 26 heavy (non-hydrogen) atoms. The molecule has 2 heterocycles. The summed E-state index contributed by atoms with van der Waals surface area (Å²) in [5, 5.41) is 9.14. The van der Waals surface area contributed by atoms with Gasteiger partial charge in [-0.2, -0.15) is 0 Å². The molecule has 3 rings (SSSR count). The van der Waals surface area contributed by atoms with Crippen LogP contribution in [0.4, 0.5) is 0 Å². The van der Waals surface area contributed by atoms with Crippen LogP contribution in [0.5, 0.6) is 0 Å². The molecule has 6 heteroatoms. The van der Waals surface area contributed by atoms with E-state index in [4.69, 9.17) is 4.42 Å². The predicted molar refractivity (Wildman–Crippen MR) is 101 cm³/mol. The standard InChI is InChI=1S/C20H26N4O2/c1-7-16-22-23-17(26-16)10-24(11(2)3)20(25)19-14(6)15-9-12(4)8-13(5)18(15)21-19/h8-9,11,21H,7,10H2,1-6H3. The highest BCUT2D eigenvalue weighted by molar-refractivity contribution is 6.01. The van der Waals surface area contributed by atoms with Crippen molar-refractivity contribution >= 4 is 16.8 Å². The highest BCUT2D eigenvalue weighted by Crippen LogP contribution is 2.27. The summed E-state index contributed by atoms with van der Waals surface area (Å²) < 4.78 is 5.60.